The quantitative estimate of drug-likeness (QED) is 0.468. The first-order chi connectivity index (χ1) is 11.8. The van der Waals surface area contributed by atoms with Gasteiger partial charge in [-0.25, -0.2) is 4.98 Å². The minimum absolute atomic E-state index is 0.0240. The van der Waals surface area contributed by atoms with Crippen molar-refractivity contribution >= 4 is 33.4 Å². The molecule has 2 aromatic carbocycles. The molecule has 0 unspecified atom stereocenters. The number of benzene rings is 2. The van der Waals surface area contributed by atoms with E-state index in [2.05, 4.69) is 36.4 Å². The molecule has 4 rings (SSSR count). The van der Waals surface area contributed by atoms with Crippen molar-refractivity contribution in [1.29, 1.82) is 0 Å². The Hall–Kier alpha value is -2.52. The van der Waals surface area contributed by atoms with E-state index >= 15 is 0 Å². The largest absolute Gasteiger partial charge is 0.508 e. The number of aromatic nitrogens is 2. The van der Waals surface area contributed by atoms with Crippen LogP contribution in [0.5, 0.6) is 5.75 Å². The Morgan fingerprint density at radius 1 is 0.920 bits per heavy atom. The lowest BCUT2D eigenvalue weighted by Gasteiger charge is -2.20. The number of nitrogens with zero attached hydrogens (tertiary/aromatic N) is 2. The second-order valence-electron chi connectivity index (χ2n) is 7.35. The molecule has 3 nitrogen and oxygen atoms in total. The zero-order chi connectivity index (χ0) is 17.8. The van der Waals surface area contributed by atoms with E-state index in [0.29, 0.717) is 5.02 Å². The first-order valence-corrected chi connectivity index (χ1v) is 8.62. The maximum absolute atomic E-state index is 10.0. The number of hydrogen-bond donors (Lipinski definition) is 1. The van der Waals surface area contributed by atoms with Gasteiger partial charge in [-0.3, -0.25) is 4.57 Å². The first kappa shape index (κ1) is 16.0. The molecule has 0 aliphatic rings. The molecule has 0 aliphatic carbocycles. The van der Waals surface area contributed by atoms with E-state index in [1.165, 1.54) is 5.56 Å². The Labute approximate surface area is 151 Å². The topological polar surface area (TPSA) is 38.0 Å². The molecular weight excluding hydrogens is 332 g/mol. The van der Waals surface area contributed by atoms with E-state index < -0.39 is 0 Å². The molecule has 0 bridgehead atoms. The predicted molar refractivity (Wildman–Crippen MR) is 104 cm³/mol. The smallest absolute Gasteiger partial charge is 0.137 e. The third kappa shape index (κ3) is 2.65. The predicted octanol–water partition coefficient (Wildman–Crippen LogP) is 5.84. The molecule has 1 N–H and O–H groups in total. The van der Waals surface area contributed by atoms with Crippen LogP contribution >= 0.6 is 11.6 Å². The average Bonchev–Trinajstić information content (AvgIpc) is 2.86. The van der Waals surface area contributed by atoms with Crippen LogP contribution in [0.25, 0.3) is 27.6 Å². The molecule has 0 saturated heterocycles. The molecule has 2 heterocycles. The van der Waals surface area contributed by atoms with Gasteiger partial charge in [0.1, 0.15) is 11.6 Å². The van der Waals surface area contributed by atoms with E-state index in [4.69, 9.17) is 11.6 Å². The fourth-order valence-corrected chi connectivity index (χ4v) is 3.40. The van der Waals surface area contributed by atoms with Gasteiger partial charge in [0.25, 0.3) is 0 Å². The van der Waals surface area contributed by atoms with Crippen LogP contribution in [-0.4, -0.2) is 14.7 Å². The lowest BCUT2D eigenvalue weighted by molar-refractivity contribution is 0.476. The van der Waals surface area contributed by atoms with Gasteiger partial charge >= 0.3 is 0 Å². The van der Waals surface area contributed by atoms with Gasteiger partial charge in [0.05, 0.1) is 11.0 Å². The minimum Gasteiger partial charge on any atom is -0.508 e. The number of aromatic hydroxyl groups is 1. The molecule has 0 amide bonds. The van der Waals surface area contributed by atoms with Gasteiger partial charge in [-0.1, -0.05) is 38.4 Å². The number of hydrogen-bond acceptors (Lipinski definition) is 2. The summed E-state index contributed by atoms with van der Waals surface area (Å²) in [6, 6.07) is 15.4. The van der Waals surface area contributed by atoms with E-state index in [9.17, 15) is 5.11 Å². The summed E-state index contributed by atoms with van der Waals surface area (Å²) in [6.07, 6.45) is 1.83. The second-order valence-corrected chi connectivity index (χ2v) is 7.79. The van der Waals surface area contributed by atoms with Crippen LogP contribution in [0, 0.1) is 0 Å². The fourth-order valence-electron chi connectivity index (χ4n) is 3.23. The van der Waals surface area contributed by atoms with Crippen molar-refractivity contribution in [3.05, 3.63) is 65.3 Å². The molecule has 2 aromatic heterocycles. The Morgan fingerprint density at radius 3 is 2.32 bits per heavy atom. The van der Waals surface area contributed by atoms with Crippen LogP contribution in [0.3, 0.4) is 0 Å². The molecule has 4 heteroatoms. The van der Waals surface area contributed by atoms with E-state index in [1.54, 1.807) is 12.1 Å². The van der Waals surface area contributed by atoms with Crippen LogP contribution in [0.1, 0.15) is 26.3 Å². The van der Waals surface area contributed by atoms with Crippen molar-refractivity contribution in [3.8, 4) is 11.6 Å². The number of pyridine rings is 1. The highest BCUT2D eigenvalue weighted by Gasteiger charge is 2.18. The van der Waals surface area contributed by atoms with Gasteiger partial charge < -0.3 is 5.11 Å². The number of fused-ring (bicyclic) bond motifs is 3. The Balaban J connectivity index is 2.12. The van der Waals surface area contributed by atoms with Crippen molar-refractivity contribution in [1.82, 2.24) is 9.55 Å². The van der Waals surface area contributed by atoms with Gasteiger partial charge in [-0.2, -0.15) is 0 Å². The summed E-state index contributed by atoms with van der Waals surface area (Å²) in [5.74, 6) is 1.05. The lowest BCUT2D eigenvalue weighted by Crippen LogP contribution is -2.12. The van der Waals surface area contributed by atoms with Crippen molar-refractivity contribution < 1.29 is 5.11 Å². The highest BCUT2D eigenvalue weighted by atomic mass is 35.5. The zero-order valence-corrected chi connectivity index (χ0v) is 15.2. The van der Waals surface area contributed by atoms with Crippen LogP contribution in [-0.2, 0) is 5.41 Å². The maximum Gasteiger partial charge on any atom is 0.137 e. The Bertz CT molecular complexity index is 1050. The lowest BCUT2D eigenvalue weighted by atomic mass is 9.88. The highest BCUT2D eigenvalue weighted by molar-refractivity contribution is 6.31. The summed E-state index contributed by atoms with van der Waals surface area (Å²) in [6.45, 7) is 6.54. The summed E-state index contributed by atoms with van der Waals surface area (Å²) in [5, 5.41) is 12.8. The second kappa shape index (κ2) is 5.50. The number of rotatable bonds is 1. The van der Waals surface area contributed by atoms with E-state index in [0.717, 1.165) is 27.6 Å². The Morgan fingerprint density at radius 2 is 1.60 bits per heavy atom. The summed E-state index contributed by atoms with van der Waals surface area (Å²) in [7, 11) is 0. The highest BCUT2D eigenvalue weighted by Crippen LogP contribution is 2.35. The van der Waals surface area contributed by atoms with Gasteiger partial charge in [-0.05, 0) is 47.4 Å². The SMILES string of the molecule is CC(C)(C)c1ccnc(-n2c3cc(O)ccc3c3ccc(Cl)cc32)c1. The molecule has 0 saturated carbocycles. The average molecular weight is 351 g/mol. The molecular formula is C21H19ClN2O. The maximum atomic E-state index is 10.0. The summed E-state index contributed by atoms with van der Waals surface area (Å²) in [5.41, 5.74) is 3.12. The standard InChI is InChI=1S/C21H19ClN2O/c1-21(2,3)13-8-9-23-20(10-13)24-18-11-14(22)4-6-16(18)17-7-5-15(25)12-19(17)24/h4-12,25H,1-3H3. The Kier molecular flexibility index (Phi) is 3.51. The van der Waals surface area contributed by atoms with Crippen molar-refractivity contribution in [2.45, 2.75) is 26.2 Å². The fraction of sp³-hybridized carbons (Fsp3) is 0.190. The molecule has 0 atom stereocenters. The molecule has 4 aromatic rings. The third-order valence-corrected chi connectivity index (χ3v) is 4.79. The number of phenolic OH excluding ortho intramolecular Hbond substituents is 1. The molecule has 0 spiro atoms. The van der Waals surface area contributed by atoms with Crippen LogP contribution < -0.4 is 0 Å². The van der Waals surface area contributed by atoms with E-state index in [1.807, 2.05) is 36.5 Å². The van der Waals surface area contributed by atoms with Crippen molar-refractivity contribution in [2.75, 3.05) is 0 Å². The number of halogens is 1. The molecule has 25 heavy (non-hydrogen) atoms. The first-order valence-electron chi connectivity index (χ1n) is 8.24. The zero-order valence-electron chi connectivity index (χ0n) is 14.4. The van der Waals surface area contributed by atoms with Gasteiger partial charge in [0.15, 0.2) is 0 Å². The molecule has 0 aliphatic heterocycles. The van der Waals surface area contributed by atoms with Crippen molar-refractivity contribution in [2.24, 2.45) is 0 Å². The molecule has 0 radical (unpaired) electrons. The van der Waals surface area contributed by atoms with Crippen LogP contribution in [0.15, 0.2) is 54.7 Å². The molecule has 0 fully saturated rings. The number of phenols is 1. The van der Waals surface area contributed by atoms with Crippen LogP contribution in [0.2, 0.25) is 5.02 Å². The summed E-state index contributed by atoms with van der Waals surface area (Å²) >= 11 is 6.26. The normalized spacial score (nSPS) is 12.2. The van der Waals surface area contributed by atoms with Gasteiger partial charge in [0.2, 0.25) is 0 Å². The summed E-state index contributed by atoms with van der Waals surface area (Å²) in [4.78, 5) is 4.59. The molecule has 126 valence electrons. The van der Waals surface area contributed by atoms with Crippen LogP contribution in [0.4, 0.5) is 0 Å². The monoisotopic (exact) mass is 350 g/mol. The minimum atomic E-state index is 0.0240. The van der Waals surface area contributed by atoms with Gasteiger partial charge in [0, 0.05) is 28.1 Å². The third-order valence-electron chi connectivity index (χ3n) is 4.55. The van der Waals surface area contributed by atoms with Crippen molar-refractivity contribution in [3.63, 3.8) is 0 Å². The van der Waals surface area contributed by atoms with Gasteiger partial charge in [-0.15, -0.1) is 0 Å². The summed E-state index contributed by atoms with van der Waals surface area (Å²) < 4.78 is 2.06. The van der Waals surface area contributed by atoms with E-state index in [-0.39, 0.29) is 11.2 Å².